The lowest BCUT2D eigenvalue weighted by atomic mass is 9.98. The van der Waals surface area contributed by atoms with Crippen LogP contribution in [0, 0.1) is 5.92 Å². The zero-order valence-electron chi connectivity index (χ0n) is 9.10. The van der Waals surface area contributed by atoms with Gasteiger partial charge >= 0.3 is 0 Å². The van der Waals surface area contributed by atoms with Crippen molar-refractivity contribution in [3.63, 3.8) is 0 Å². The van der Waals surface area contributed by atoms with Crippen molar-refractivity contribution in [2.24, 2.45) is 5.92 Å². The predicted molar refractivity (Wildman–Crippen MR) is 70.5 cm³/mol. The Hall–Kier alpha value is -0.440. The van der Waals surface area contributed by atoms with E-state index in [1.165, 1.54) is 12.8 Å². The Kier molecular flexibility index (Phi) is 4.33. The maximum absolute atomic E-state index is 6.09. The molecule has 0 spiro atoms. The lowest BCUT2D eigenvalue weighted by Gasteiger charge is -2.23. The molecule has 2 rings (SSSR count). The summed E-state index contributed by atoms with van der Waals surface area (Å²) in [7, 11) is 0. The fourth-order valence-corrected chi connectivity index (χ4v) is 2.53. The van der Waals surface area contributed by atoms with Crippen molar-refractivity contribution < 1.29 is 0 Å². The van der Waals surface area contributed by atoms with Gasteiger partial charge in [-0.3, -0.25) is 0 Å². The topological polar surface area (TPSA) is 24.1 Å². The average Bonchev–Trinajstić information content (AvgIpc) is 2.30. The first-order valence-electron chi connectivity index (χ1n) is 5.66. The summed E-state index contributed by atoms with van der Waals surface area (Å²) in [4.78, 5) is 0. The zero-order chi connectivity index (χ0) is 11.4. The Morgan fingerprint density at radius 3 is 2.44 bits per heavy atom. The lowest BCUT2D eigenvalue weighted by Crippen LogP contribution is -2.31. The molecule has 2 N–H and O–H groups in total. The summed E-state index contributed by atoms with van der Waals surface area (Å²) in [5.74, 6) is 0.716. The van der Waals surface area contributed by atoms with Crippen LogP contribution >= 0.6 is 23.2 Å². The zero-order valence-corrected chi connectivity index (χ0v) is 10.6. The molecule has 88 valence electrons. The first-order chi connectivity index (χ1) is 7.77. The van der Waals surface area contributed by atoms with E-state index < -0.39 is 0 Å². The third-order valence-corrected chi connectivity index (χ3v) is 3.62. The molecule has 1 aliphatic rings. The molecule has 0 radical (unpaired) electrons. The van der Waals surface area contributed by atoms with Gasteiger partial charge in [0.2, 0.25) is 0 Å². The van der Waals surface area contributed by atoms with Crippen LogP contribution in [0.1, 0.15) is 12.8 Å². The van der Waals surface area contributed by atoms with Crippen LogP contribution < -0.4 is 10.6 Å². The van der Waals surface area contributed by atoms with Gasteiger partial charge in [-0.1, -0.05) is 29.3 Å². The van der Waals surface area contributed by atoms with Crippen molar-refractivity contribution in [3.05, 3.63) is 28.2 Å². The maximum atomic E-state index is 6.09. The van der Waals surface area contributed by atoms with Crippen LogP contribution in [-0.4, -0.2) is 19.6 Å². The maximum Gasteiger partial charge on any atom is 0.0719 e. The molecule has 0 atom stereocenters. The highest BCUT2D eigenvalue weighted by Gasteiger charge is 2.13. The van der Waals surface area contributed by atoms with Gasteiger partial charge in [-0.2, -0.15) is 0 Å². The van der Waals surface area contributed by atoms with E-state index in [0.717, 1.165) is 25.3 Å². The van der Waals surface area contributed by atoms with Crippen molar-refractivity contribution in [1.82, 2.24) is 5.32 Å². The second-order valence-electron chi connectivity index (χ2n) is 4.17. The molecule has 1 saturated heterocycles. The van der Waals surface area contributed by atoms with Gasteiger partial charge in [-0.05, 0) is 44.0 Å². The first-order valence-corrected chi connectivity index (χ1v) is 6.41. The number of benzene rings is 1. The van der Waals surface area contributed by atoms with Crippen molar-refractivity contribution in [1.29, 1.82) is 0 Å². The number of rotatable bonds is 3. The van der Waals surface area contributed by atoms with Gasteiger partial charge in [0.25, 0.3) is 0 Å². The molecule has 0 aliphatic carbocycles. The van der Waals surface area contributed by atoms with Crippen molar-refractivity contribution in [3.8, 4) is 0 Å². The van der Waals surface area contributed by atoms with E-state index in [1.807, 2.05) is 18.2 Å². The molecule has 16 heavy (non-hydrogen) atoms. The molecule has 2 nitrogen and oxygen atoms in total. The highest BCUT2D eigenvalue weighted by atomic mass is 35.5. The second kappa shape index (κ2) is 5.76. The van der Waals surface area contributed by atoms with Gasteiger partial charge < -0.3 is 10.6 Å². The van der Waals surface area contributed by atoms with E-state index in [2.05, 4.69) is 10.6 Å². The monoisotopic (exact) mass is 258 g/mol. The first kappa shape index (κ1) is 12.0. The van der Waals surface area contributed by atoms with Gasteiger partial charge in [0.15, 0.2) is 0 Å². The van der Waals surface area contributed by atoms with Crippen LogP contribution in [-0.2, 0) is 0 Å². The van der Waals surface area contributed by atoms with Gasteiger partial charge in [-0.15, -0.1) is 0 Å². The van der Waals surface area contributed by atoms with Gasteiger partial charge in [0, 0.05) is 6.54 Å². The third-order valence-electron chi connectivity index (χ3n) is 2.99. The molecule has 1 aromatic carbocycles. The highest BCUT2D eigenvalue weighted by Crippen LogP contribution is 2.30. The normalized spacial score (nSPS) is 17.4. The van der Waals surface area contributed by atoms with E-state index in [0.29, 0.717) is 16.0 Å². The largest absolute Gasteiger partial charge is 0.382 e. The van der Waals surface area contributed by atoms with E-state index in [4.69, 9.17) is 23.2 Å². The number of para-hydroxylation sites is 1. The lowest BCUT2D eigenvalue weighted by molar-refractivity contribution is 0.390. The van der Waals surface area contributed by atoms with Crippen molar-refractivity contribution in [2.75, 3.05) is 25.0 Å². The number of nitrogens with one attached hydrogen (secondary N) is 2. The quantitative estimate of drug-likeness (QED) is 0.869. The minimum Gasteiger partial charge on any atom is -0.382 e. The Labute approximate surface area is 106 Å². The SMILES string of the molecule is Clc1cccc(Cl)c1NCC1CCNCC1. The molecular formula is C12H16Cl2N2. The molecule has 0 unspecified atom stereocenters. The molecule has 1 aliphatic heterocycles. The highest BCUT2D eigenvalue weighted by molar-refractivity contribution is 6.39. The predicted octanol–water partition coefficient (Wildman–Crippen LogP) is 3.40. The van der Waals surface area contributed by atoms with E-state index in [9.17, 15) is 0 Å². The summed E-state index contributed by atoms with van der Waals surface area (Å²) < 4.78 is 0. The van der Waals surface area contributed by atoms with Crippen LogP contribution in [0.25, 0.3) is 0 Å². The van der Waals surface area contributed by atoms with Crippen molar-refractivity contribution >= 4 is 28.9 Å². The molecular weight excluding hydrogens is 243 g/mol. The minimum atomic E-state index is 0.696. The Balaban J connectivity index is 1.93. The molecule has 0 bridgehead atoms. The molecule has 0 aromatic heterocycles. The Morgan fingerprint density at radius 1 is 1.19 bits per heavy atom. The number of piperidine rings is 1. The van der Waals surface area contributed by atoms with Gasteiger partial charge in [-0.25, -0.2) is 0 Å². The Morgan fingerprint density at radius 2 is 1.81 bits per heavy atom. The summed E-state index contributed by atoms with van der Waals surface area (Å²) in [5, 5.41) is 8.11. The summed E-state index contributed by atoms with van der Waals surface area (Å²) >= 11 is 12.2. The van der Waals surface area contributed by atoms with Gasteiger partial charge in [0.1, 0.15) is 0 Å². The molecule has 1 fully saturated rings. The molecule has 1 heterocycles. The summed E-state index contributed by atoms with van der Waals surface area (Å²) in [6.45, 7) is 3.18. The van der Waals surface area contributed by atoms with E-state index >= 15 is 0 Å². The van der Waals surface area contributed by atoms with Crippen LogP contribution in [0.15, 0.2) is 18.2 Å². The number of hydrogen-bond donors (Lipinski definition) is 2. The summed E-state index contributed by atoms with van der Waals surface area (Å²) in [6.07, 6.45) is 2.43. The van der Waals surface area contributed by atoms with Crippen molar-refractivity contribution in [2.45, 2.75) is 12.8 Å². The smallest absolute Gasteiger partial charge is 0.0719 e. The summed E-state index contributed by atoms with van der Waals surface area (Å²) in [5.41, 5.74) is 0.865. The van der Waals surface area contributed by atoms with E-state index in [1.54, 1.807) is 0 Å². The standard InChI is InChI=1S/C12H16Cl2N2/c13-10-2-1-3-11(14)12(10)16-8-9-4-6-15-7-5-9/h1-3,9,15-16H,4-8H2. The van der Waals surface area contributed by atoms with Crippen LogP contribution in [0.5, 0.6) is 0 Å². The number of hydrogen-bond acceptors (Lipinski definition) is 2. The molecule has 0 amide bonds. The average molecular weight is 259 g/mol. The molecule has 4 heteroatoms. The molecule has 0 saturated carbocycles. The minimum absolute atomic E-state index is 0.696. The fraction of sp³-hybridized carbons (Fsp3) is 0.500. The second-order valence-corrected chi connectivity index (χ2v) is 4.99. The molecule has 1 aromatic rings. The van der Waals surface area contributed by atoms with Crippen LogP contribution in [0.2, 0.25) is 10.0 Å². The number of halogens is 2. The Bertz CT molecular complexity index is 329. The number of anilines is 1. The fourth-order valence-electron chi connectivity index (χ4n) is 2.00. The third kappa shape index (κ3) is 3.03. The summed E-state index contributed by atoms with van der Waals surface area (Å²) in [6, 6.07) is 5.58. The van der Waals surface area contributed by atoms with E-state index in [-0.39, 0.29) is 0 Å². The van der Waals surface area contributed by atoms with Crippen LogP contribution in [0.3, 0.4) is 0 Å². The van der Waals surface area contributed by atoms with Gasteiger partial charge in [0.05, 0.1) is 15.7 Å². The van der Waals surface area contributed by atoms with Crippen LogP contribution in [0.4, 0.5) is 5.69 Å².